The number of anilines is 1. The minimum atomic E-state index is 0.720. The van der Waals surface area contributed by atoms with Crippen molar-refractivity contribution in [3.8, 4) is 0 Å². The van der Waals surface area contributed by atoms with Gasteiger partial charge in [-0.15, -0.1) is 11.3 Å². The lowest BCUT2D eigenvalue weighted by Gasteiger charge is -2.28. The van der Waals surface area contributed by atoms with Crippen LogP contribution in [0.25, 0.3) is 0 Å². The van der Waals surface area contributed by atoms with Crippen LogP contribution in [0.3, 0.4) is 0 Å². The normalized spacial score (nSPS) is 22.4. The van der Waals surface area contributed by atoms with Gasteiger partial charge in [-0.05, 0) is 45.4 Å². The molecule has 3 nitrogen and oxygen atoms in total. The summed E-state index contributed by atoms with van der Waals surface area (Å²) >= 11 is 1.84. The van der Waals surface area contributed by atoms with E-state index in [-0.39, 0.29) is 0 Å². The van der Waals surface area contributed by atoms with Gasteiger partial charge < -0.3 is 10.2 Å². The molecule has 0 aliphatic heterocycles. The van der Waals surface area contributed by atoms with Gasteiger partial charge in [0.1, 0.15) is 0 Å². The summed E-state index contributed by atoms with van der Waals surface area (Å²) in [6.07, 6.45) is 10.4. The Morgan fingerprint density at radius 3 is 2.52 bits per heavy atom. The van der Waals surface area contributed by atoms with Crippen molar-refractivity contribution in [3.05, 3.63) is 11.1 Å². The number of aromatic nitrogens is 1. The van der Waals surface area contributed by atoms with Crippen LogP contribution in [0.2, 0.25) is 0 Å². The molecule has 1 N–H and O–H groups in total. The molecule has 0 unspecified atom stereocenters. The van der Waals surface area contributed by atoms with Gasteiger partial charge in [-0.25, -0.2) is 4.98 Å². The zero-order valence-corrected chi connectivity index (χ0v) is 14.7. The first kappa shape index (κ1) is 16.8. The second-order valence-electron chi connectivity index (χ2n) is 6.17. The van der Waals surface area contributed by atoms with Crippen LogP contribution >= 0.6 is 11.3 Å². The average molecular weight is 310 g/mol. The highest BCUT2D eigenvalue weighted by atomic mass is 32.1. The van der Waals surface area contributed by atoms with Crippen LogP contribution in [0.5, 0.6) is 0 Å². The van der Waals surface area contributed by atoms with E-state index in [1.807, 2.05) is 17.5 Å². The maximum Gasteiger partial charge on any atom is 0.185 e. The fourth-order valence-corrected chi connectivity index (χ4v) is 4.32. The third-order valence-corrected chi connectivity index (χ3v) is 5.74. The van der Waals surface area contributed by atoms with Crippen molar-refractivity contribution < 1.29 is 0 Å². The molecule has 1 aromatic heterocycles. The van der Waals surface area contributed by atoms with E-state index < -0.39 is 0 Å². The summed E-state index contributed by atoms with van der Waals surface area (Å²) in [7, 11) is 0. The van der Waals surface area contributed by atoms with E-state index in [2.05, 4.69) is 36.0 Å². The zero-order chi connectivity index (χ0) is 15.1. The summed E-state index contributed by atoms with van der Waals surface area (Å²) in [5.74, 6) is 0.991. The summed E-state index contributed by atoms with van der Waals surface area (Å²) in [4.78, 5) is 8.25. The molecule has 4 heteroatoms. The highest BCUT2D eigenvalue weighted by Crippen LogP contribution is 2.28. The first-order chi connectivity index (χ1) is 10.3. The molecule has 1 aromatic rings. The van der Waals surface area contributed by atoms with Crippen LogP contribution in [0, 0.1) is 5.92 Å². The SMILES string of the molecule is CCCC1CCC(NCc2cnc(N(CC)CC)s2)CC1. The van der Waals surface area contributed by atoms with Crippen molar-refractivity contribution >= 4 is 16.5 Å². The highest BCUT2D eigenvalue weighted by Gasteiger charge is 2.20. The van der Waals surface area contributed by atoms with E-state index in [9.17, 15) is 0 Å². The molecule has 1 aliphatic rings. The highest BCUT2D eigenvalue weighted by molar-refractivity contribution is 7.15. The summed E-state index contributed by atoms with van der Waals surface area (Å²) in [5.41, 5.74) is 0. The Labute approximate surface area is 134 Å². The molecule has 0 radical (unpaired) electrons. The minimum Gasteiger partial charge on any atom is -0.349 e. The number of thiazole rings is 1. The van der Waals surface area contributed by atoms with Crippen LogP contribution in [-0.2, 0) is 6.54 Å². The molecule has 0 saturated heterocycles. The molecule has 0 spiro atoms. The van der Waals surface area contributed by atoms with E-state index in [4.69, 9.17) is 0 Å². The second-order valence-corrected chi connectivity index (χ2v) is 7.26. The van der Waals surface area contributed by atoms with Crippen LogP contribution in [0.1, 0.15) is 64.2 Å². The van der Waals surface area contributed by atoms with E-state index in [0.29, 0.717) is 0 Å². The van der Waals surface area contributed by atoms with E-state index in [0.717, 1.165) is 31.6 Å². The standard InChI is InChI=1S/C17H31N3S/c1-4-7-14-8-10-15(11-9-14)18-12-16-13-19-17(21-16)20(5-2)6-3/h13-15,18H,4-12H2,1-3H3. The number of nitrogens with one attached hydrogen (secondary N) is 1. The molecule has 0 bridgehead atoms. The van der Waals surface area contributed by atoms with Gasteiger partial charge in [0.2, 0.25) is 0 Å². The monoisotopic (exact) mass is 309 g/mol. The quantitative estimate of drug-likeness (QED) is 0.769. The molecule has 0 amide bonds. The van der Waals surface area contributed by atoms with Crippen LogP contribution in [0.4, 0.5) is 5.13 Å². The lowest BCUT2D eigenvalue weighted by atomic mass is 9.83. The van der Waals surface area contributed by atoms with Crippen molar-refractivity contribution in [1.29, 1.82) is 0 Å². The lowest BCUT2D eigenvalue weighted by molar-refractivity contribution is 0.278. The predicted molar refractivity (Wildman–Crippen MR) is 93.2 cm³/mol. The van der Waals surface area contributed by atoms with Crippen LogP contribution < -0.4 is 10.2 Å². The smallest absolute Gasteiger partial charge is 0.185 e. The van der Waals surface area contributed by atoms with Gasteiger partial charge in [-0.2, -0.15) is 0 Å². The van der Waals surface area contributed by atoms with Crippen LogP contribution in [-0.4, -0.2) is 24.1 Å². The van der Waals surface area contributed by atoms with Crippen LogP contribution in [0.15, 0.2) is 6.20 Å². The maximum absolute atomic E-state index is 4.56. The Hall–Kier alpha value is -0.610. The summed E-state index contributed by atoms with van der Waals surface area (Å²) in [5, 5.41) is 4.91. The van der Waals surface area contributed by atoms with Crippen molar-refractivity contribution in [2.75, 3.05) is 18.0 Å². The first-order valence-corrected chi connectivity index (χ1v) is 9.51. The Balaban J connectivity index is 1.74. The molecule has 0 atom stereocenters. The first-order valence-electron chi connectivity index (χ1n) is 8.69. The van der Waals surface area contributed by atoms with E-state index in [1.165, 1.54) is 48.5 Å². The van der Waals surface area contributed by atoms with Crippen molar-refractivity contribution in [3.63, 3.8) is 0 Å². The molecular weight excluding hydrogens is 278 g/mol. The molecule has 1 heterocycles. The van der Waals surface area contributed by atoms with Gasteiger partial charge in [0.15, 0.2) is 5.13 Å². The van der Waals surface area contributed by atoms with Crippen molar-refractivity contribution in [2.24, 2.45) is 5.92 Å². The molecule has 1 saturated carbocycles. The molecule has 21 heavy (non-hydrogen) atoms. The van der Waals surface area contributed by atoms with Gasteiger partial charge in [-0.3, -0.25) is 0 Å². The Bertz CT molecular complexity index is 392. The molecule has 2 rings (SSSR count). The number of nitrogens with zero attached hydrogens (tertiary/aromatic N) is 2. The molecule has 1 aliphatic carbocycles. The minimum absolute atomic E-state index is 0.720. The van der Waals surface area contributed by atoms with Crippen molar-refractivity contribution in [1.82, 2.24) is 10.3 Å². The van der Waals surface area contributed by atoms with Crippen molar-refractivity contribution in [2.45, 2.75) is 71.9 Å². The van der Waals surface area contributed by atoms with Gasteiger partial charge in [0.25, 0.3) is 0 Å². The van der Waals surface area contributed by atoms with Gasteiger partial charge in [0, 0.05) is 36.8 Å². The van der Waals surface area contributed by atoms with E-state index >= 15 is 0 Å². The molecular formula is C17H31N3S. The second kappa shape index (κ2) is 8.74. The molecule has 120 valence electrons. The average Bonchev–Trinajstić information content (AvgIpc) is 2.97. The summed E-state index contributed by atoms with van der Waals surface area (Å²) in [6.45, 7) is 9.76. The molecule has 0 aromatic carbocycles. The van der Waals surface area contributed by atoms with Gasteiger partial charge in [0.05, 0.1) is 0 Å². The number of hydrogen-bond donors (Lipinski definition) is 1. The fourth-order valence-electron chi connectivity index (χ4n) is 3.33. The third kappa shape index (κ3) is 4.96. The lowest BCUT2D eigenvalue weighted by Crippen LogP contribution is -2.32. The van der Waals surface area contributed by atoms with E-state index in [1.54, 1.807) is 0 Å². The Morgan fingerprint density at radius 1 is 1.19 bits per heavy atom. The third-order valence-electron chi connectivity index (χ3n) is 4.68. The Morgan fingerprint density at radius 2 is 1.90 bits per heavy atom. The van der Waals surface area contributed by atoms with Gasteiger partial charge in [-0.1, -0.05) is 19.8 Å². The number of rotatable bonds is 8. The Kier molecular flexibility index (Phi) is 6.97. The summed E-state index contributed by atoms with van der Waals surface area (Å²) in [6, 6.07) is 0.720. The number of hydrogen-bond acceptors (Lipinski definition) is 4. The maximum atomic E-state index is 4.56. The predicted octanol–water partition coefficient (Wildman–Crippen LogP) is 4.44. The summed E-state index contributed by atoms with van der Waals surface area (Å²) < 4.78 is 0. The molecule has 1 fully saturated rings. The zero-order valence-electron chi connectivity index (χ0n) is 13.9. The van der Waals surface area contributed by atoms with Gasteiger partial charge >= 0.3 is 0 Å². The largest absolute Gasteiger partial charge is 0.349 e. The topological polar surface area (TPSA) is 28.2 Å². The fraction of sp³-hybridized carbons (Fsp3) is 0.824.